The molecule has 1 amide bonds. The van der Waals surface area contributed by atoms with Crippen LogP contribution in [0.2, 0.25) is 0 Å². The van der Waals surface area contributed by atoms with Crippen molar-refractivity contribution in [2.75, 3.05) is 18.6 Å². The van der Waals surface area contributed by atoms with Crippen LogP contribution in [0.1, 0.15) is 42.2 Å². The number of para-hydroxylation sites is 3. The SMILES string of the molecule is CCOc1ccc(C(=O)N2c3ccccc3C(n3c4ccccc4c4ccccc43)CC2C)cc1OC. The molecule has 2 heterocycles. The zero-order valence-corrected chi connectivity index (χ0v) is 21.3. The summed E-state index contributed by atoms with van der Waals surface area (Å²) in [6.45, 7) is 4.60. The van der Waals surface area contributed by atoms with Crippen LogP contribution < -0.4 is 14.4 Å². The van der Waals surface area contributed by atoms with Gasteiger partial charge in [-0.1, -0.05) is 54.6 Å². The topological polar surface area (TPSA) is 43.7 Å². The van der Waals surface area contributed by atoms with Crippen molar-refractivity contribution in [2.24, 2.45) is 0 Å². The summed E-state index contributed by atoms with van der Waals surface area (Å²) in [4.78, 5) is 15.9. The van der Waals surface area contributed by atoms with Crippen molar-refractivity contribution in [3.05, 3.63) is 102 Å². The molecule has 4 aromatic carbocycles. The molecule has 5 aromatic rings. The molecule has 2 atom stereocenters. The van der Waals surface area contributed by atoms with Gasteiger partial charge in [-0.05, 0) is 62.2 Å². The molecule has 186 valence electrons. The third-order valence-electron chi connectivity index (χ3n) is 7.42. The molecular weight excluding hydrogens is 460 g/mol. The lowest BCUT2D eigenvalue weighted by atomic mass is 9.90. The third-order valence-corrected chi connectivity index (χ3v) is 7.42. The molecule has 2 unspecified atom stereocenters. The van der Waals surface area contributed by atoms with Crippen LogP contribution in [0.15, 0.2) is 91.0 Å². The predicted octanol–water partition coefficient (Wildman–Crippen LogP) is 7.23. The zero-order chi connectivity index (χ0) is 25.5. The monoisotopic (exact) mass is 490 g/mol. The summed E-state index contributed by atoms with van der Waals surface area (Å²) in [6, 6.07) is 31.0. The Balaban J connectivity index is 1.47. The summed E-state index contributed by atoms with van der Waals surface area (Å²) < 4.78 is 13.6. The van der Waals surface area contributed by atoms with Gasteiger partial charge >= 0.3 is 0 Å². The Labute approximate surface area is 216 Å². The summed E-state index contributed by atoms with van der Waals surface area (Å²) in [7, 11) is 1.60. The number of methoxy groups -OCH3 is 1. The minimum atomic E-state index is -0.0398. The number of aromatic nitrogens is 1. The lowest BCUT2D eigenvalue weighted by Crippen LogP contribution is -2.44. The Morgan fingerprint density at radius 2 is 1.51 bits per heavy atom. The average Bonchev–Trinajstić information content (AvgIpc) is 3.27. The van der Waals surface area contributed by atoms with Crippen molar-refractivity contribution < 1.29 is 14.3 Å². The van der Waals surface area contributed by atoms with E-state index in [0.717, 1.165) is 17.7 Å². The van der Waals surface area contributed by atoms with Crippen molar-refractivity contribution in [3.8, 4) is 11.5 Å². The number of carbonyl (C=O) groups is 1. The standard InChI is InChI=1S/C32H30N2O3/c1-4-37-30-18-17-22(20-31(30)36-3)32(35)33-21(2)19-29(25-13-7-10-16-28(25)33)34-26-14-8-5-11-23(26)24-12-6-9-15-27(24)34/h5-18,20-21,29H,4,19H2,1-3H3. The highest BCUT2D eigenvalue weighted by Crippen LogP contribution is 2.44. The summed E-state index contributed by atoms with van der Waals surface area (Å²) in [6.07, 6.45) is 0.805. The van der Waals surface area contributed by atoms with Gasteiger partial charge < -0.3 is 18.9 Å². The first kappa shape index (κ1) is 23.2. The molecule has 6 rings (SSSR count). The Kier molecular flexibility index (Phi) is 5.84. The van der Waals surface area contributed by atoms with Crippen molar-refractivity contribution in [3.63, 3.8) is 0 Å². The molecule has 0 saturated heterocycles. The molecular formula is C32H30N2O3. The molecule has 0 aliphatic carbocycles. The molecule has 5 heteroatoms. The van der Waals surface area contributed by atoms with Gasteiger partial charge in [-0.15, -0.1) is 0 Å². The van der Waals surface area contributed by atoms with E-state index in [2.05, 4.69) is 78.2 Å². The Morgan fingerprint density at radius 3 is 2.19 bits per heavy atom. The van der Waals surface area contributed by atoms with E-state index in [4.69, 9.17) is 9.47 Å². The average molecular weight is 491 g/mol. The highest BCUT2D eigenvalue weighted by molar-refractivity contribution is 6.09. The van der Waals surface area contributed by atoms with Gasteiger partial charge in [0.15, 0.2) is 11.5 Å². The number of hydrogen-bond acceptors (Lipinski definition) is 3. The maximum absolute atomic E-state index is 14.0. The summed E-state index contributed by atoms with van der Waals surface area (Å²) in [5.74, 6) is 1.16. The minimum Gasteiger partial charge on any atom is -0.493 e. The van der Waals surface area contributed by atoms with Gasteiger partial charge in [0.2, 0.25) is 0 Å². The minimum absolute atomic E-state index is 0.00936. The molecule has 0 saturated carbocycles. The van der Waals surface area contributed by atoms with E-state index in [1.165, 1.54) is 21.8 Å². The van der Waals surface area contributed by atoms with Crippen LogP contribution in [0.25, 0.3) is 21.8 Å². The number of hydrogen-bond donors (Lipinski definition) is 0. The summed E-state index contributed by atoms with van der Waals surface area (Å²) >= 11 is 0. The Hall–Kier alpha value is -4.25. The van der Waals surface area contributed by atoms with Gasteiger partial charge in [0, 0.05) is 39.1 Å². The van der Waals surface area contributed by atoms with Crippen LogP contribution in [0.5, 0.6) is 11.5 Å². The fraction of sp³-hybridized carbons (Fsp3) is 0.219. The van der Waals surface area contributed by atoms with E-state index >= 15 is 0 Å². The van der Waals surface area contributed by atoms with E-state index in [-0.39, 0.29) is 18.0 Å². The first-order valence-corrected chi connectivity index (χ1v) is 12.8. The summed E-state index contributed by atoms with van der Waals surface area (Å²) in [5.41, 5.74) is 5.11. The maximum atomic E-state index is 14.0. The molecule has 0 fully saturated rings. The second-order valence-corrected chi connectivity index (χ2v) is 9.54. The molecule has 0 N–H and O–H groups in total. The van der Waals surface area contributed by atoms with E-state index in [1.54, 1.807) is 13.2 Å². The van der Waals surface area contributed by atoms with Gasteiger partial charge in [0.05, 0.1) is 19.8 Å². The maximum Gasteiger partial charge on any atom is 0.258 e. The number of nitrogens with zero attached hydrogens (tertiary/aromatic N) is 2. The highest BCUT2D eigenvalue weighted by Gasteiger charge is 2.36. The number of amides is 1. The molecule has 0 bridgehead atoms. The predicted molar refractivity (Wildman–Crippen MR) is 149 cm³/mol. The lowest BCUT2D eigenvalue weighted by molar-refractivity contribution is 0.0972. The number of benzene rings is 4. The van der Waals surface area contributed by atoms with Gasteiger partial charge in [-0.2, -0.15) is 0 Å². The highest BCUT2D eigenvalue weighted by atomic mass is 16.5. The van der Waals surface area contributed by atoms with Crippen molar-refractivity contribution in [1.29, 1.82) is 0 Å². The van der Waals surface area contributed by atoms with Gasteiger partial charge in [-0.25, -0.2) is 0 Å². The fourth-order valence-electron chi connectivity index (χ4n) is 5.84. The zero-order valence-electron chi connectivity index (χ0n) is 21.3. The third kappa shape index (κ3) is 3.73. The fourth-order valence-corrected chi connectivity index (χ4v) is 5.84. The molecule has 0 radical (unpaired) electrons. The first-order chi connectivity index (χ1) is 18.1. The normalized spacial score (nSPS) is 17.1. The molecule has 1 aliphatic rings. The first-order valence-electron chi connectivity index (χ1n) is 12.8. The molecule has 1 aromatic heterocycles. The Bertz CT molecular complexity index is 1570. The van der Waals surface area contributed by atoms with Crippen LogP contribution in [-0.2, 0) is 0 Å². The van der Waals surface area contributed by atoms with Crippen LogP contribution in [0, 0.1) is 0 Å². The van der Waals surface area contributed by atoms with E-state index in [9.17, 15) is 4.79 Å². The van der Waals surface area contributed by atoms with E-state index < -0.39 is 0 Å². The quantitative estimate of drug-likeness (QED) is 0.261. The molecule has 0 spiro atoms. The van der Waals surface area contributed by atoms with Crippen LogP contribution in [-0.4, -0.2) is 30.2 Å². The number of fused-ring (bicyclic) bond motifs is 4. The van der Waals surface area contributed by atoms with Crippen LogP contribution in [0.4, 0.5) is 5.69 Å². The van der Waals surface area contributed by atoms with Crippen LogP contribution in [0.3, 0.4) is 0 Å². The number of ether oxygens (including phenoxy) is 2. The molecule has 1 aliphatic heterocycles. The van der Waals surface area contributed by atoms with Crippen molar-refractivity contribution in [1.82, 2.24) is 4.57 Å². The lowest BCUT2D eigenvalue weighted by Gasteiger charge is -2.40. The number of rotatable bonds is 5. The van der Waals surface area contributed by atoms with Gasteiger partial charge in [-0.3, -0.25) is 4.79 Å². The van der Waals surface area contributed by atoms with Crippen molar-refractivity contribution >= 4 is 33.4 Å². The van der Waals surface area contributed by atoms with Crippen molar-refractivity contribution in [2.45, 2.75) is 32.4 Å². The van der Waals surface area contributed by atoms with Gasteiger partial charge in [0.1, 0.15) is 0 Å². The second-order valence-electron chi connectivity index (χ2n) is 9.54. The summed E-state index contributed by atoms with van der Waals surface area (Å²) in [5, 5.41) is 2.51. The second kappa shape index (κ2) is 9.32. The van der Waals surface area contributed by atoms with Crippen LogP contribution >= 0.6 is 0 Å². The van der Waals surface area contributed by atoms with Gasteiger partial charge in [0.25, 0.3) is 5.91 Å². The molecule has 5 nitrogen and oxygen atoms in total. The molecule has 37 heavy (non-hydrogen) atoms. The number of anilines is 1. The smallest absolute Gasteiger partial charge is 0.258 e. The Morgan fingerprint density at radius 1 is 0.865 bits per heavy atom. The number of carbonyl (C=O) groups excluding carboxylic acids is 1. The largest absolute Gasteiger partial charge is 0.493 e. The van der Waals surface area contributed by atoms with E-state index in [1.807, 2.05) is 30.0 Å². The van der Waals surface area contributed by atoms with E-state index in [0.29, 0.717) is 23.7 Å².